The standard InChI is InChI=1S/C16H25N3O2/c1-12(18-15(21)13-7-3-2-4-8-13)14(20)19-16(11-17)9-5-6-10-16/h12-13H,2-10H2,1H3,(H,18,21)(H,19,20)/t12-/m1/s1. The third-order valence-corrected chi connectivity index (χ3v) is 4.76. The minimum absolute atomic E-state index is 0.0187. The van der Waals surface area contributed by atoms with Crippen molar-refractivity contribution in [2.75, 3.05) is 0 Å². The highest BCUT2D eigenvalue weighted by Crippen LogP contribution is 2.29. The van der Waals surface area contributed by atoms with Crippen molar-refractivity contribution in [2.45, 2.75) is 76.3 Å². The second-order valence-electron chi connectivity index (χ2n) is 6.46. The van der Waals surface area contributed by atoms with Crippen LogP contribution in [0.5, 0.6) is 0 Å². The van der Waals surface area contributed by atoms with E-state index in [0.717, 1.165) is 38.5 Å². The van der Waals surface area contributed by atoms with Crippen molar-refractivity contribution in [3.8, 4) is 6.07 Å². The zero-order chi connectivity index (χ0) is 15.3. The molecule has 5 heteroatoms. The molecule has 0 aromatic heterocycles. The van der Waals surface area contributed by atoms with Gasteiger partial charge in [0.15, 0.2) is 0 Å². The minimum Gasteiger partial charge on any atom is -0.344 e. The number of nitrogens with one attached hydrogen (secondary N) is 2. The zero-order valence-corrected chi connectivity index (χ0v) is 12.8. The maximum atomic E-state index is 12.2. The summed E-state index contributed by atoms with van der Waals surface area (Å²) >= 11 is 0. The van der Waals surface area contributed by atoms with Gasteiger partial charge in [-0.1, -0.05) is 19.3 Å². The number of amides is 2. The molecule has 21 heavy (non-hydrogen) atoms. The molecule has 0 unspecified atom stereocenters. The van der Waals surface area contributed by atoms with E-state index in [1.807, 2.05) is 0 Å². The molecule has 2 aliphatic carbocycles. The Labute approximate surface area is 126 Å². The Kier molecular flexibility index (Phi) is 5.22. The quantitative estimate of drug-likeness (QED) is 0.831. The van der Waals surface area contributed by atoms with Crippen LogP contribution in [0.15, 0.2) is 0 Å². The number of nitriles is 1. The molecular weight excluding hydrogens is 266 g/mol. The fourth-order valence-corrected chi connectivity index (χ4v) is 3.35. The van der Waals surface area contributed by atoms with Gasteiger partial charge in [0.2, 0.25) is 11.8 Å². The Morgan fingerprint density at radius 3 is 2.33 bits per heavy atom. The van der Waals surface area contributed by atoms with Crippen LogP contribution in [-0.2, 0) is 9.59 Å². The van der Waals surface area contributed by atoms with Crippen molar-refractivity contribution in [1.82, 2.24) is 10.6 Å². The molecule has 2 rings (SSSR count). The molecule has 0 heterocycles. The molecule has 1 atom stereocenters. The SMILES string of the molecule is C[C@@H](NC(=O)C1CCCCC1)C(=O)NC1(C#N)CCCC1. The topological polar surface area (TPSA) is 82.0 Å². The average molecular weight is 291 g/mol. The fourth-order valence-electron chi connectivity index (χ4n) is 3.35. The van der Waals surface area contributed by atoms with Gasteiger partial charge in [-0.3, -0.25) is 9.59 Å². The van der Waals surface area contributed by atoms with Gasteiger partial charge < -0.3 is 10.6 Å². The van der Waals surface area contributed by atoms with Crippen LogP contribution in [-0.4, -0.2) is 23.4 Å². The Morgan fingerprint density at radius 1 is 1.14 bits per heavy atom. The van der Waals surface area contributed by atoms with Crippen LogP contribution < -0.4 is 10.6 Å². The molecule has 2 aliphatic rings. The lowest BCUT2D eigenvalue weighted by Crippen LogP contribution is -2.53. The fraction of sp³-hybridized carbons (Fsp3) is 0.812. The second kappa shape index (κ2) is 6.93. The van der Waals surface area contributed by atoms with Gasteiger partial charge >= 0.3 is 0 Å². The van der Waals surface area contributed by atoms with Crippen LogP contribution in [0.2, 0.25) is 0 Å². The van der Waals surface area contributed by atoms with Crippen molar-refractivity contribution < 1.29 is 9.59 Å². The van der Waals surface area contributed by atoms with Crippen molar-refractivity contribution in [2.24, 2.45) is 5.92 Å². The molecule has 116 valence electrons. The molecule has 0 saturated heterocycles. The van der Waals surface area contributed by atoms with Crippen LogP contribution in [0, 0.1) is 17.2 Å². The van der Waals surface area contributed by atoms with Gasteiger partial charge in [-0.05, 0) is 45.4 Å². The van der Waals surface area contributed by atoms with Crippen molar-refractivity contribution >= 4 is 11.8 Å². The van der Waals surface area contributed by atoms with Crippen LogP contribution >= 0.6 is 0 Å². The summed E-state index contributed by atoms with van der Waals surface area (Å²) in [6, 6.07) is 1.66. The van der Waals surface area contributed by atoms with Gasteiger partial charge in [-0.2, -0.15) is 5.26 Å². The summed E-state index contributed by atoms with van der Waals surface area (Å²) in [7, 11) is 0. The molecule has 0 aromatic carbocycles. The Hall–Kier alpha value is -1.57. The summed E-state index contributed by atoms with van der Waals surface area (Å²) in [5.41, 5.74) is -0.721. The first kappa shape index (κ1) is 15.8. The van der Waals surface area contributed by atoms with E-state index < -0.39 is 11.6 Å². The molecule has 2 fully saturated rings. The Balaban J connectivity index is 1.84. The van der Waals surface area contributed by atoms with E-state index in [4.69, 9.17) is 0 Å². The van der Waals surface area contributed by atoms with Gasteiger partial charge in [0.1, 0.15) is 11.6 Å². The predicted octanol–water partition coefficient (Wildman–Crippen LogP) is 2.02. The smallest absolute Gasteiger partial charge is 0.243 e. The predicted molar refractivity (Wildman–Crippen MR) is 79.1 cm³/mol. The van der Waals surface area contributed by atoms with Gasteiger partial charge in [0.25, 0.3) is 0 Å². The van der Waals surface area contributed by atoms with Crippen molar-refractivity contribution in [3.05, 3.63) is 0 Å². The van der Waals surface area contributed by atoms with Crippen LogP contribution in [0.1, 0.15) is 64.7 Å². The maximum Gasteiger partial charge on any atom is 0.243 e. The van der Waals surface area contributed by atoms with Gasteiger partial charge in [-0.15, -0.1) is 0 Å². The summed E-state index contributed by atoms with van der Waals surface area (Å²) < 4.78 is 0. The molecule has 5 nitrogen and oxygen atoms in total. The molecule has 2 saturated carbocycles. The molecule has 0 aliphatic heterocycles. The van der Waals surface area contributed by atoms with E-state index in [2.05, 4.69) is 16.7 Å². The van der Waals surface area contributed by atoms with Crippen molar-refractivity contribution in [3.63, 3.8) is 0 Å². The van der Waals surface area contributed by atoms with Gasteiger partial charge in [0.05, 0.1) is 6.07 Å². The Morgan fingerprint density at radius 2 is 1.76 bits per heavy atom. The van der Waals surface area contributed by atoms with E-state index >= 15 is 0 Å². The van der Waals surface area contributed by atoms with Crippen molar-refractivity contribution in [1.29, 1.82) is 5.26 Å². The number of nitrogens with zero attached hydrogens (tertiary/aromatic N) is 1. The highest BCUT2D eigenvalue weighted by molar-refractivity contribution is 5.88. The molecule has 0 bridgehead atoms. The summed E-state index contributed by atoms with van der Waals surface area (Å²) in [6.07, 6.45) is 8.58. The van der Waals surface area contributed by atoms with Crippen LogP contribution in [0.25, 0.3) is 0 Å². The summed E-state index contributed by atoms with van der Waals surface area (Å²) in [5, 5.41) is 14.9. The second-order valence-corrected chi connectivity index (χ2v) is 6.46. The summed E-state index contributed by atoms with van der Waals surface area (Å²) in [6.45, 7) is 1.69. The molecule has 2 amide bonds. The normalized spacial score (nSPS) is 23.0. The minimum atomic E-state index is -0.721. The molecule has 0 aromatic rings. The van der Waals surface area contributed by atoms with E-state index in [-0.39, 0.29) is 17.7 Å². The first-order valence-corrected chi connectivity index (χ1v) is 8.10. The molecule has 2 N–H and O–H groups in total. The third-order valence-electron chi connectivity index (χ3n) is 4.76. The van der Waals surface area contributed by atoms with Gasteiger partial charge in [-0.25, -0.2) is 0 Å². The van der Waals surface area contributed by atoms with Gasteiger partial charge in [0, 0.05) is 5.92 Å². The molecular formula is C16H25N3O2. The lowest BCUT2D eigenvalue weighted by atomic mass is 9.88. The van der Waals surface area contributed by atoms with Crippen LogP contribution in [0.4, 0.5) is 0 Å². The molecule has 0 spiro atoms. The number of rotatable bonds is 4. The first-order chi connectivity index (χ1) is 10.1. The largest absolute Gasteiger partial charge is 0.344 e. The number of carbonyl (C=O) groups is 2. The van der Waals surface area contributed by atoms with E-state index in [1.165, 1.54) is 6.42 Å². The lowest BCUT2D eigenvalue weighted by Gasteiger charge is -2.26. The first-order valence-electron chi connectivity index (χ1n) is 8.10. The number of carbonyl (C=O) groups excluding carboxylic acids is 2. The zero-order valence-electron chi connectivity index (χ0n) is 12.8. The van der Waals surface area contributed by atoms with E-state index in [1.54, 1.807) is 6.92 Å². The number of hydrogen-bond acceptors (Lipinski definition) is 3. The average Bonchev–Trinajstić information content (AvgIpc) is 2.97. The third kappa shape index (κ3) is 3.96. The highest BCUT2D eigenvalue weighted by Gasteiger charge is 2.36. The highest BCUT2D eigenvalue weighted by atomic mass is 16.2. The van der Waals surface area contributed by atoms with E-state index in [9.17, 15) is 14.9 Å². The van der Waals surface area contributed by atoms with E-state index in [0.29, 0.717) is 12.8 Å². The lowest BCUT2D eigenvalue weighted by molar-refractivity contribution is -0.132. The summed E-state index contributed by atoms with van der Waals surface area (Å²) in [5.74, 6) is -0.220. The summed E-state index contributed by atoms with van der Waals surface area (Å²) in [4.78, 5) is 24.3. The molecule has 0 radical (unpaired) electrons. The number of hydrogen-bond donors (Lipinski definition) is 2. The maximum absolute atomic E-state index is 12.2. The Bertz CT molecular complexity index is 429. The van der Waals surface area contributed by atoms with Crippen LogP contribution in [0.3, 0.4) is 0 Å². The monoisotopic (exact) mass is 291 g/mol.